The number of benzene rings is 2. The van der Waals surface area contributed by atoms with E-state index in [9.17, 15) is 0 Å². The minimum Gasteiger partial charge on any atom is -0.397 e. The van der Waals surface area contributed by atoms with Crippen molar-refractivity contribution in [1.82, 2.24) is 0 Å². The summed E-state index contributed by atoms with van der Waals surface area (Å²) in [6, 6.07) is 15.0. The molecule has 1 heterocycles. The highest BCUT2D eigenvalue weighted by Gasteiger charge is 2.29. The van der Waals surface area contributed by atoms with Crippen LogP contribution in [-0.2, 0) is 9.78 Å². The highest BCUT2D eigenvalue weighted by atomic mass is 17.2. The smallest absolute Gasteiger partial charge is 0.119 e. The first-order valence-electron chi connectivity index (χ1n) is 7.48. The molecule has 3 heteroatoms. The zero-order chi connectivity index (χ0) is 14.7. The Morgan fingerprint density at radius 2 is 1.76 bits per heavy atom. The second kappa shape index (κ2) is 6.39. The van der Waals surface area contributed by atoms with Gasteiger partial charge in [-0.1, -0.05) is 42.5 Å². The Morgan fingerprint density at radius 3 is 2.48 bits per heavy atom. The van der Waals surface area contributed by atoms with Gasteiger partial charge in [0.2, 0.25) is 0 Å². The van der Waals surface area contributed by atoms with Crippen LogP contribution in [0.2, 0.25) is 0 Å². The monoisotopic (exact) mass is 284 g/mol. The number of fused-ring (bicyclic) bond motifs is 4. The second-order valence-corrected chi connectivity index (χ2v) is 5.18. The second-order valence-electron chi connectivity index (χ2n) is 5.18. The molecule has 1 N–H and O–H groups in total. The molecule has 2 aromatic carbocycles. The Hall–Kier alpha value is -1.68. The van der Waals surface area contributed by atoms with Gasteiger partial charge in [-0.05, 0) is 47.6 Å². The fourth-order valence-electron chi connectivity index (χ4n) is 2.95. The number of rotatable bonds is 1. The van der Waals surface area contributed by atoms with Crippen molar-refractivity contribution in [2.24, 2.45) is 0 Å². The van der Waals surface area contributed by atoms with Crippen LogP contribution in [0.5, 0.6) is 0 Å². The van der Waals surface area contributed by atoms with E-state index in [0.29, 0.717) is 6.61 Å². The van der Waals surface area contributed by atoms with Crippen LogP contribution in [0.4, 0.5) is 0 Å². The Kier molecular flexibility index (Phi) is 4.34. The predicted octanol–water partition coefficient (Wildman–Crippen LogP) is 4.12. The highest BCUT2D eigenvalue weighted by molar-refractivity contribution is 6.03. The van der Waals surface area contributed by atoms with Gasteiger partial charge < -0.3 is 5.11 Å². The molecule has 1 unspecified atom stereocenters. The van der Waals surface area contributed by atoms with Crippen molar-refractivity contribution in [2.75, 3.05) is 13.2 Å². The molecule has 1 saturated heterocycles. The molecule has 1 fully saturated rings. The molecule has 3 nitrogen and oxygen atoms in total. The van der Waals surface area contributed by atoms with Crippen LogP contribution in [0.25, 0.3) is 22.3 Å². The maximum absolute atomic E-state index is 7.57. The maximum Gasteiger partial charge on any atom is 0.119 e. The molecular weight excluding hydrogens is 264 g/mol. The van der Waals surface area contributed by atoms with E-state index in [0.717, 1.165) is 12.8 Å². The first-order valence-corrected chi connectivity index (χ1v) is 7.48. The Balaban J connectivity index is 0.000000409. The van der Waals surface area contributed by atoms with Crippen molar-refractivity contribution in [2.45, 2.75) is 25.9 Å². The molecule has 4 rings (SSSR count). The number of aliphatic hydroxyl groups is 1. The van der Waals surface area contributed by atoms with Gasteiger partial charge in [0.1, 0.15) is 6.10 Å². The molecule has 1 aliphatic heterocycles. The van der Waals surface area contributed by atoms with E-state index < -0.39 is 0 Å². The van der Waals surface area contributed by atoms with Gasteiger partial charge in [0.25, 0.3) is 0 Å². The molecule has 2 aromatic rings. The fraction of sp³-hybridized carbons (Fsp3) is 0.333. The summed E-state index contributed by atoms with van der Waals surface area (Å²) in [5, 5.41) is 7.57. The first kappa shape index (κ1) is 14.3. The normalized spacial score (nSPS) is 18.7. The van der Waals surface area contributed by atoms with Crippen molar-refractivity contribution in [1.29, 1.82) is 0 Å². The molecule has 1 atom stereocenters. The van der Waals surface area contributed by atoms with Gasteiger partial charge in [-0.25, -0.2) is 9.78 Å². The third-order valence-corrected chi connectivity index (χ3v) is 3.81. The molecule has 0 aromatic heterocycles. The topological polar surface area (TPSA) is 38.7 Å². The predicted molar refractivity (Wildman–Crippen MR) is 82.6 cm³/mol. The van der Waals surface area contributed by atoms with E-state index in [4.69, 9.17) is 14.9 Å². The summed E-state index contributed by atoms with van der Waals surface area (Å²) in [7, 11) is 0. The standard InChI is InChI=1S/C16H14O2.C2H6O/c1-2-6-12-11(5-1)13-7-3-8-14(16(12)13)15-9-4-10-17-18-15;1-2-3/h1-3,5-8,15H,4,9-10H2;3H,2H2,1H3. The van der Waals surface area contributed by atoms with E-state index in [1.807, 2.05) is 0 Å². The summed E-state index contributed by atoms with van der Waals surface area (Å²) >= 11 is 0. The van der Waals surface area contributed by atoms with Crippen molar-refractivity contribution < 1.29 is 14.9 Å². The van der Waals surface area contributed by atoms with Gasteiger partial charge in [-0.2, -0.15) is 0 Å². The van der Waals surface area contributed by atoms with Gasteiger partial charge in [0.15, 0.2) is 0 Å². The molecule has 0 bridgehead atoms. The van der Waals surface area contributed by atoms with Crippen molar-refractivity contribution in [3.8, 4) is 22.3 Å². The van der Waals surface area contributed by atoms with Crippen molar-refractivity contribution >= 4 is 0 Å². The van der Waals surface area contributed by atoms with E-state index in [-0.39, 0.29) is 12.7 Å². The Morgan fingerprint density at radius 1 is 1.05 bits per heavy atom. The van der Waals surface area contributed by atoms with Crippen LogP contribution >= 0.6 is 0 Å². The summed E-state index contributed by atoms with van der Waals surface area (Å²) in [6.45, 7) is 2.64. The van der Waals surface area contributed by atoms with Crippen molar-refractivity contribution in [3.63, 3.8) is 0 Å². The molecular formula is C18H20O3. The Bertz CT molecular complexity index is 616. The van der Waals surface area contributed by atoms with Crippen molar-refractivity contribution in [3.05, 3.63) is 48.0 Å². The lowest BCUT2D eigenvalue weighted by molar-refractivity contribution is -0.347. The van der Waals surface area contributed by atoms with E-state index in [1.165, 1.54) is 27.8 Å². The number of hydrogen-bond acceptors (Lipinski definition) is 3. The average molecular weight is 284 g/mol. The minimum absolute atomic E-state index is 0.0852. The fourth-order valence-corrected chi connectivity index (χ4v) is 2.95. The molecule has 110 valence electrons. The van der Waals surface area contributed by atoms with Gasteiger partial charge in [-0.15, -0.1) is 0 Å². The van der Waals surface area contributed by atoms with Crippen LogP contribution in [-0.4, -0.2) is 18.3 Å². The quantitative estimate of drug-likeness (QED) is 0.683. The van der Waals surface area contributed by atoms with Gasteiger partial charge in [0, 0.05) is 6.61 Å². The molecule has 0 radical (unpaired) electrons. The number of aliphatic hydroxyl groups excluding tert-OH is 1. The average Bonchev–Trinajstić information content (AvgIpc) is 2.53. The lowest BCUT2D eigenvalue weighted by atomic mass is 9.76. The molecule has 2 aliphatic rings. The lowest BCUT2D eigenvalue weighted by Crippen LogP contribution is -2.15. The maximum atomic E-state index is 7.57. The van der Waals surface area contributed by atoms with Crippen LogP contribution in [0, 0.1) is 0 Å². The van der Waals surface area contributed by atoms with Gasteiger partial charge in [0.05, 0.1) is 6.61 Å². The highest BCUT2D eigenvalue weighted by Crippen LogP contribution is 2.51. The first-order chi connectivity index (χ1) is 10.4. The van der Waals surface area contributed by atoms with Gasteiger partial charge in [-0.3, -0.25) is 0 Å². The zero-order valence-electron chi connectivity index (χ0n) is 12.2. The minimum atomic E-state index is 0.0852. The molecule has 0 amide bonds. The summed E-state index contributed by atoms with van der Waals surface area (Å²) in [6.07, 6.45) is 2.19. The van der Waals surface area contributed by atoms with Crippen LogP contribution in [0.1, 0.15) is 31.4 Å². The van der Waals surface area contributed by atoms with E-state index >= 15 is 0 Å². The molecule has 0 saturated carbocycles. The summed E-state index contributed by atoms with van der Waals surface area (Å²) in [4.78, 5) is 10.6. The van der Waals surface area contributed by atoms with E-state index in [1.54, 1.807) is 6.92 Å². The number of hydrogen-bond donors (Lipinski definition) is 1. The SMILES string of the molecule is CCO.c1ccc2c(c1)-c1cccc(C3CCCOO3)c1-2. The Labute approximate surface area is 125 Å². The zero-order valence-corrected chi connectivity index (χ0v) is 12.2. The lowest BCUT2D eigenvalue weighted by Gasteiger charge is -2.30. The van der Waals surface area contributed by atoms with E-state index in [2.05, 4.69) is 42.5 Å². The third kappa shape index (κ3) is 2.60. The summed E-state index contributed by atoms with van der Waals surface area (Å²) in [5.74, 6) is 0. The van der Waals surface area contributed by atoms with Crippen LogP contribution in [0.3, 0.4) is 0 Å². The molecule has 21 heavy (non-hydrogen) atoms. The summed E-state index contributed by atoms with van der Waals surface area (Å²) in [5.41, 5.74) is 6.66. The van der Waals surface area contributed by atoms with Crippen LogP contribution in [0.15, 0.2) is 42.5 Å². The largest absolute Gasteiger partial charge is 0.397 e. The third-order valence-electron chi connectivity index (χ3n) is 3.81. The van der Waals surface area contributed by atoms with Crippen LogP contribution < -0.4 is 0 Å². The van der Waals surface area contributed by atoms with Gasteiger partial charge >= 0.3 is 0 Å². The summed E-state index contributed by atoms with van der Waals surface area (Å²) < 4.78 is 0. The molecule has 1 aliphatic carbocycles. The molecule has 0 spiro atoms.